The lowest BCUT2D eigenvalue weighted by atomic mass is 9.77. The Hall–Kier alpha value is -2.89. The molecule has 26 heavy (non-hydrogen) atoms. The maximum absolute atomic E-state index is 13.3. The predicted octanol–water partition coefficient (Wildman–Crippen LogP) is 2.66. The van der Waals surface area contributed by atoms with Gasteiger partial charge in [-0.1, -0.05) is 12.1 Å². The molecule has 132 valence electrons. The molecular formula is C20H21N5O. The standard InChI is InChI=1S/C20H21N5O/c21-19-23-11-14-5-8-20(17(14)24-19)7-2-10-25(12-20)18(26)15-4-1-3-13-6-9-22-16(13)15/h1,3-4,6,9,11,22H,2,5,7-8,10,12H2,(H2,21,23,24). The maximum atomic E-state index is 13.3. The Morgan fingerprint density at radius 2 is 2.19 bits per heavy atom. The highest BCUT2D eigenvalue weighted by atomic mass is 16.2. The van der Waals surface area contributed by atoms with E-state index in [1.807, 2.05) is 41.6 Å². The van der Waals surface area contributed by atoms with E-state index >= 15 is 0 Å². The fourth-order valence-corrected chi connectivity index (χ4v) is 4.69. The fourth-order valence-electron chi connectivity index (χ4n) is 4.69. The first-order chi connectivity index (χ1) is 12.7. The van der Waals surface area contributed by atoms with Crippen molar-refractivity contribution in [1.82, 2.24) is 19.9 Å². The highest BCUT2D eigenvalue weighted by molar-refractivity contribution is 6.05. The van der Waals surface area contributed by atoms with Gasteiger partial charge in [0.2, 0.25) is 5.95 Å². The Morgan fingerprint density at radius 1 is 1.27 bits per heavy atom. The van der Waals surface area contributed by atoms with Crippen molar-refractivity contribution in [2.75, 3.05) is 18.8 Å². The number of H-pyrrole nitrogens is 1. The summed E-state index contributed by atoms with van der Waals surface area (Å²) in [6.45, 7) is 1.49. The lowest BCUT2D eigenvalue weighted by Gasteiger charge is -2.40. The van der Waals surface area contributed by atoms with Crippen LogP contribution >= 0.6 is 0 Å². The van der Waals surface area contributed by atoms with E-state index in [1.54, 1.807) is 0 Å². The average molecular weight is 347 g/mol. The molecule has 1 spiro atoms. The van der Waals surface area contributed by atoms with Crippen LogP contribution in [-0.4, -0.2) is 38.8 Å². The summed E-state index contributed by atoms with van der Waals surface area (Å²) < 4.78 is 0. The molecule has 1 atom stereocenters. The van der Waals surface area contributed by atoms with Gasteiger partial charge in [0.15, 0.2) is 0 Å². The molecule has 1 saturated heterocycles. The number of hydrogen-bond donors (Lipinski definition) is 2. The lowest BCUT2D eigenvalue weighted by Crippen LogP contribution is -2.48. The second-order valence-electron chi connectivity index (χ2n) is 7.46. The number of hydrogen-bond acceptors (Lipinski definition) is 4. The molecule has 5 rings (SSSR count). The topological polar surface area (TPSA) is 87.9 Å². The monoisotopic (exact) mass is 347 g/mol. The number of nitrogen functional groups attached to an aromatic ring is 1. The average Bonchev–Trinajstić information content (AvgIpc) is 3.27. The number of aromatic nitrogens is 3. The van der Waals surface area contributed by atoms with Crippen molar-refractivity contribution in [3.63, 3.8) is 0 Å². The van der Waals surface area contributed by atoms with Crippen molar-refractivity contribution in [2.45, 2.75) is 31.1 Å². The minimum atomic E-state index is -0.0794. The van der Waals surface area contributed by atoms with Crippen LogP contribution in [0.25, 0.3) is 10.9 Å². The summed E-state index contributed by atoms with van der Waals surface area (Å²) in [7, 11) is 0. The molecule has 2 aliphatic rings. The van der Waals surface area contributed by atoms with Crippen LogP contribution in [-0.2, 0) is 11.8 Å². The van der Waals surface area contributed by atoms with Crippen molar-refractivity contribution >= 4 is 22.8 Å². The smallest absolute Gasteiger partial charge is 0.256 e. The highest BCUT2D eigenvalue weighted by Gasteiger charge is 2.44. The first-order valence-electron chi connectivity index (χ1n) is 9.14. The van der Waals surface area contributed by atoms with Crippen molar-refractivity contribution < 1.29 is 4.79 Å². The molecule has 0 saturated carbocycles. The van der Waals surface area contributed by atoms with Crippen LogP contribution < -0.4 is 5.73 Å². The third-order valence-corrected chi connectivity index (χ3v) is 5.94. The van der Waals surface area contributed by atoms with E-state index in [-0.39, 0.29) is 11.3 Å². The molecule has 3 heterocycles. The van der Waals surface area contributed by atoms with E-state index < -0.39 is 0 Å². The van der Waals surface area contributed by atoms with Gasteiger partial charge in [-0.05, 0) is 43.4 Å². The number of carbonyl (C=O) groups is 1. The predicted molar refractivity (Wildman–Crippen MR) is 99.9 cm³/mol. The van der Waals surface area contributed by atoms with E-state index in [0.29, 0.717) is 12.5 Å². The Bertz CT molecular complexity index is 1010. The zero-order valence-electron chi connectivity index (χ0n) is 14.5. The number of fused-ring (bicyclic) bond motifs is 3. The maximum Gasteiger partial charge on any atom is 0.256 e. The molecule has 0 radical (unpaired) electrons. The van der Waals surface area contributed by atoms with E-state index in [2.05, 4.69) is 15.0 Å². The summed E-state index contributed by atoms with van der Waals surface area (Å²) >= 11 is 0. The molecule has 1 aliphatic carbocycles. The molecule has 6 nitrogen and oxygen atoms in total. The van der Waals surface area contributed by atoms with Crippen LogP contribution in [0.3, 0.4) is 0 Å². The summed E-state index contributed by atoms with van der Waals surface area (Å²) in [6.07, 6.45) is 7.74. The zero-order chi connectivity index (χ0) is 17.7. The van der Waals surface area contributed by atoms with Gasteiger partial charge in [0.05, 0.1) is 16.8 Å². The quantitative estimate of drug-likeness (QED) is 0.708. The minimum absolute atomic E-state index is 0.0794. The van der Waals surface area contributed by atoms with Crippen LogP contribution in [0.4, 0.5) is 5.95 Å². The first kappa shape index (κ1) is 15.4. The van der Waals surface area contributed by atoms with Crippen LogP contribution in [0.2, 0.25) is 0 Å². The molecule has 1 fully saturated rings. The van der Waals surface area contributed by atoms with Crippen molar-refractivity contribution in [2.24, 2.45) is 0 Å². The number of anilines is 1. The van der Waals surface area contributed by atoms with E-state index in [4.69, 9.17) is 5.73 Å². The number of nitrogens with two attached hydrogens (primary N) is 1. The van der Waals surface area contributed by atoms with Crippen molar-refractivity contribution in [3.8, 4) is 0 Å². The van der Waals surface area contributed by atoms with Crippen LogP contribution in [0, 0.1) is 0 Å². The van der Waals surface area contributed by atoms with Gasteiger partial charge >= 0.3 is 0 Å². The highest BCUT2D eigenvalue weighted by Crippen LogP contribution is 2.44. The van der Waals surface area contributed by atoms with E-state index in [9.17, 15) is 4.79 Å². The summed E-state index contributed by atoms with van der Waals surface area (Å²) in [5.41, 5.74) is 9.66. The molecule has 0 bridgehead atoms. The third-order valence-electron chi connectivity index (χ3n) is 5.94. The van der Waals surface area contributed by atoms with Crippen LogP contribution in [0.15, 0.2) is 36.7 Å². The second kappa shape index (κ2) is 5.56. The summed E-state index contributed by atoms with van der Waals surface area (Å²) in [5, 5.41) is 1.06. The molecular weight excluding hydrogens is 326 g/mol. The van der Waals surface area contributed by atoms with E-state index in [0.717, 1.165) is 54.4 Å². The zero-order valence-corrected chi connectivity index (χ0v) is 14.5. The van der Waals surface area contributed by atoms with Gasteiger partial charge in [-0.2, -0.15) is 0 Å². The molecule has 3 aromatic rings. The number of rotatable bonds is 1. The number of benzene rings is 1. The fraction of sp³-hybridized carbons (Fsp3) is 0.350. The van der Waals surface area contributed by atoms with E-state index in [1.165, 1.54) is 5.56 Å². The largest absolute Gasteiger partial charge is 0.368 e. The number of likely N-dealkylation sites (tertiary alicyclic amines) is 1. The lowest BCUT2D eigenvalue weighted by molar-refractivity contribution is 0.0635. The van der Waals surface area contributed by atoms with Gasteiger partial charge in [0.25, 0.3) is 5.91 Å². The van der Waals surface area contributed by atoms with Crippen molar-refractivity contribution in [3.05, 3.63) is 53.5 Å². The Kier molecular flexibility index (Phi) is 3.29. The molecule has 6 heteroatoms. The van der Waals surface area contributed by atoms with Crippen molar-refractivity contribution in [1.29, 1.82) is 0 Å². The number of para-hydroxylation sites is 1. The first-order valence-corrected chi connectivity index (χ1v) is 9.14. The molecule has 1 amide bonds. The molecule has 1 aliphatic heterocycles. The van der Waals surface area contributed by atoms with Gasteiger partial charge in [-0.3, -0.25) is 4.79 Å². The SMILES string of the molecule is Nc1ncc2c(n1)C1(CCCN(C(=O)c3cccc4cc[nH]c34)C1)CC2. The number of carbonyl (C=O) groups excluding carboxylic acids is 1. The van der Waals surface area contributed by atoms with Gasteiger partial charge in [0, 0.05) is 36.3 Å². The normalized spacial score (nSPS) is 22.1. The van der Waals surface area contributed by atoms with Gasteiger partial charge < -0.3 is 15.6 Å². The van der Waals surface area contributed by atoms with Gasteiger partial charge in [0.1, 0.15) is 0 Å². The molecule has 3 N–H and O–H groups in total. The summed E-state index contributed by atoms with van der Waals surface area (Å²) in [6, 6.07) is 7.87. The Balaban J connectivity index is 1.50. The number of nitrogens with one attached hydrogen (secondary N) is 1. The summed E-state index contributed by atoms with van der Waals surface area (Å²) in [5.74, 6) is 0.414. The molecule has 2 aromatic heterocycles. The summed E-state index contributed by atoms with van der Waals surface area (Å²) in [4.78, 5) is 27.2. The second-order valence-corrected chi connectivity index (χ2v) is 7.46. The number of nitrogens with zero attached hydrogens (tertiary/aromatic N) is 3. The molecule has 1 unspecified atom stereocenters. The van der Waals surface area contributed by atoms with Gasteiger partial charge in [-0.15, -0.1) is 0 Å². The van der Waals surface area contributed by atoms with Crippen LogP contribution in [0.5, 0.6) is 0 Å². The molecule has 1 aromatic carbocycles. The van der Waals surface area contributed by atoms with Crippen LogP contribution in [0.1, 0.15) is 40.9 Å². The Labute approximate surface area is 151 Å². The number of piperidine rings is 1. The minimum Gasteiger partial charge on any atom is -0.368 e. The Morgan fingerprint density at radius 3 is 3.12 bits per heavy atom. The van der Waals surface area contributed by atoms with Gasteiger partial charge in [-0.25, -0.2) is 9.97 Å². The number of aryl methyl sites for hydroxylation is 1. The number of aromatic amines is 1. The number of amides is 1. The third kappa shape index (κ3) is 2.21.